The fourth-order valence-electron chi connectivity index (χ4n) is 0.792. The van der Waals surface area contributed by atoms with Crippen molar-refractivity contribution in [3.8, 4) is 0 Å². The maximum Gasteiger partial charge on any atom is 0.211 e. The van der Waals surface area contributed by atoms with E-state index < -0.39 is 10.0 Å². The molecule has 1 atom stereocenters. The Morgan fingerprint density at radius 2 is 2.00 bits per heavy atom. The monoisotopic (exact) mass is 195 g/mol. The van der Waals surface area contributed by atoms with E-state index in [1.54, 1.807) is 14.2 Å². The van der Waals surface area contributed by atoms with Crippen LogP contribution in [0.15, 0.2) is 0 Å². The van der Waals surface area contributed by atoms with Crippen LogP contribution in [0.3, 0.4) is 0 Å². The molecular weight excluding hydrogens is 178 g/mol. The Labute approximate surface area is 74.6 Å². The van der Waals surface area contributed by atoms with Gasteiger partial charge in [0.05, 0.1) is 12.4 Å². The zero-order chi connectivity index (χ0) is 9.78. The summed E-state index contributed by atoms with van der Waals surface area (Å²) < 4.78 is 28.3. The van der Waals surface area contributed by atoms with Gasteiger partial charge in [-0.2, -0.15) is 0 Å². The number of methoxy groups -OCH3 is 1. The van der Waals surface area contributed by atoms with Gasteiger partial charge in [-0.05, 0) is 6.42 Å². The molecule has 0 aliphatic rings. The highest BCUT2D eigenvalue weighted by Crippen LogP contribution is 2.01. The molecule has 0 spiro atoms. The third-order valence-electron chi connectivity index (χ3n) is 1.82. The van der Waals surface area contributed by atoms with Crippen molar-refractivity contribution in [2.45, 2.75) is 19.4 Å². The number of hydrogen-bond donors (Lipinski definition) is 0. The maximum atomic E-state index is 11.0. The van der Waals surface area contributed by atoms with Crippen LogP contribution >= 0.6 is 0 Å². The molecule has 0 aliphatic carbocycles. The van der Waals surface area contributed by atoms with Gasteiger partial charge in [0, 0.05) is 20.7 Å². The number of ether oxygens (including phenoxy) is 1. The van der Waals surface area contributed by atoms with Gasteiger partial charge in [0.25, 0.3) is 0 Å². The molecule has 0 heterocycles. The normalized spacial score (nSPS) is 15.1. The van der Waals surface area contributed by atoms with Crippen LogP contribution in [0.1, 0.15) is 13.3 Å². The summed E-state index contributed by atoms with van der Waals surface area (Å²) in [7, 11) is 0.0754. The van der Waals surface area contributed by atoms with Gasteiger partial charge in [-0.1, -0.05) is 6.92 Å². The van der Waals surface area contributed by atoms with Crippen molar-refractivity contribution in [2.24, 2.45) is 0 Å². The summed E-state index contributed by atoms with van der Waals surface area (Å²) in [4.78, 5) is 0. The van der Waals surface area contributed by atoms with Gasteiger partial charge >= 0.3 is 0 Å². The van der Waals surface area contributed by atoms with Gasteiger partial charge in [0.15, 0.2) is 0 Å². The molecule has 0 amide bonds. The van der Waals surface area contributed by atoms with E-state index in [1.165, 1.54) is 10.6 Å². The van der Waals surface area contributed by atoms with E-state index in [0.29, 0.717) is 6.54 Å². The predicted octanol–water partition coefficient (Wildman–Crippen LogP) is 0.303. The van der Waals surface area contributed by atoms with E-state index in [-0.39, 0.29) is 6.10 Å². The van der Waals surface area contributed by atoms with Crippen LogP contribution in [0.25, 0.3) is 0 Å². The van der Waals surface area contributed by atoms with E-state index in [2.05, 4.69) is 0 Å². The minimum atomic E-state index is -3.06. The summed E-state index contributed by atoms with van der Waals surface area (Å²) in [5.41, 5.74) is 0. The van der Waals surface area contributed by atoms with E-state index in [9.17, 15) is 8.42 Å². The first-order valence-corrected chi connectivity index (χ1v) is 5.70. The fourth-order valence-corrected chi connectivity index (χ4v) is 1.23. The second-order valence-electron chi connectivity index (χ2n) is 2.81. The molecule has 12 heavy (non-hydrogen) atoms. The average Bonchev–Trinajstić information content (AvgIpc) is 1.97. The highest BCUT2D eigenvalue weighted by atomic mass is 32.2. The third-order valence-corrected chi connectivity index (χ3v) is 3.10. The summed E-state index contributed by atoms with van der Waals surface area (Å²) >= 11 is 0. The SMILES string of the molecule is CC[C@@H](CN(C)S(C)(=O)=O)OC. The first-order chi connectivity index (χ1) is 5.41. The summed E-state index contributed by atoms with van der Waals surface area (Å²) in [6.45, 7) is 2.39. The summed E-state index contributed by atoms with van der Waals surface area (Å²) in [5, 5.41) is 0. The standard InChI is InChI=1S/C7H17NO3S/c1-5-7(11-3)6-8(2)12(4,9)10/h7H,5-6H2,1-4H3/t7-/m0/s1. The van der Waals surface area contributed by atoms with E-state index >= 15 is 0 Å². The smallest absolute Gasteiger partial charge is 0.211 e. The number of hydrogen-bond acceptors (Lipinski definition) is 3. The number of sulfonamides is 1. The molecule has 0 fully saturated rings. The molecule has 0 aromatic rings. The van der Waals surface area contributed by atoms with Gasteiger partial charge < -0.3 is 4.74 Å². The lowest BCUT2D eigenvalue weighted by molar-refractivity contribution is 0.0861. The molecule has 0 aliphatic heterocycles. The first kappa shape index (κ1) is 11.9. The topological polar surface area (TPSA) is 46.6 Å². The van der Waals surface area contributed by atoms with Crippen LogP contribution in [0.5, 0.6) is 0 Å². The van der Waals surface area contributed by atoms with Crippen molar-refractivity contribution in [3.05, 3.63) is 0 Å². The lowest BCUT2D eigenvalue weighted by atomic mass is 10.3. The highest BCUT2D eigenvalue weighted by molar-refractivity contribution is 7.88. The van der Waals surface area contributed by atoms with Crippen molar-refractivity contribution in [2.75, 3.05) is 27.0 Å². The van der Waals surface area contributed by atoms with Crippen LogP contribution < -0.4 is 0 Å². The minimum absolute atomic E-state index is 0.00951. The highest BCUT2D eigenvalue weighted by Gasteiger charge is 2.15. The van der Waals surface area contributed by atoms with Crippen molar-refractivity contribution in [1.82, 2.24) is 4.31 Å². The first-order valence-electron chi connectivity index (χ1n) is 3.86. The second kappa shape index (κ2) is 4.79. The molecule has 0 saturated carbocycles. The lowest BCUT2D eigenvalue weighted by Crippen LogP contribution is -2.34. The van der Waals surface area contributed by atoms with Crippen LogP contribution in [-0.4, -0.2) is 45.8 Å². The molecule has 0 saturated heterocycles. The Hall–Kier alpha value is -0.130. The quantitative estimate of drug-likeness (QED) is 0.634. The molecule has 0 N–H and O–H groups in total. The van der Waals surface area contributed by atoms with Gasteiger partial charge in [-0.15, -0.1) is 0 Å². The molecule has 0 bridgehead atoms. The number of rotatable bonds is 5. The summed E-state index contributed by atoms with van der Waals surface area (Å²) in [6, 6.07) is 0. The van der Waals surface area contributed by atoms with Gasteiger partial charge in [-0.25, -0.2) is 12.7 Å². The Balaban J connectivity index is 4.08. The molecule has 0 aromatic heterocycles. The third kappa shape index (κ3) is 4.04. The Kier molecular flexibility index (Phi) is 4.74. The lowest BCUT2D eigenvalue weighted by Gasteiger charge is -2.19. The Bertz CT molecular complexity index is 209. The van der Waals surface area contributed by atoms with Gasteiger partial charge in [0.2, 0.25) is 10.0 Å². The van der Waals surface area contributed by atoms with Crippen LogP contribution in [0, 0.1) is 0 Å². The molecule has 0 radical (unpaired) electrons. The molecule has 74 valence electrons. The van der Waals surface area contributed by atoms with Crippen LogP contribution in [-0.2, 0) is 14.8 Å². The summed E-state index contributed by atoms with van der Waals surface area (Å²) in [6.07, 6.45) is 2.00. The number of likely N-dealkylation sites (N-methyl/N-ethyl adjacent to an activating group) is 1. The molecule has 0 rings (SSSR count). The van der Waals surface area contributed by atoms with Crippen molar-refractivity contribution in [3.63, 3.8) is 0 Å². The largest absolute Gasteiger partial charge is 0.380 e. The maximum absolute atomic E-state index is 11.0. The average molecular weight is 195 g/mol. The van der Waals surface area contributed by atoms with Crippen LogP contribution in [0.2, 0.25) is 0 Å². The van der Waals surface area contributed by atoms with E-state index in [1.807, 2.05) is 6.92 Å². The van der Waals surface area contributed by atoms with E-state index in [4.69, 9.17) is 4.74 Å². The van der Waals surface area contributed by atoms with Gasteiger partial charge in [0.1, 0.15) is 0 Å². The molecule has 5 heteroatoms. The zero-order valence-corrected chi connectivity index (χ0v) is 8.89. The molecule has 4 nitrogen and oxygen atoms in total. The van der Waals surface area contributed by atoms with Crippen molar-refractivity contribution in [1.29, 1.82) is 0 Å². The van der Waals surface area contributed by atoms with Crippen molar-refractivity contribution < 1.29 is 13.2 Å². The predicted molar refractivity (Wildman–Crippen MR) is 48.6 cm³/mol. The molecule has 0 aromatic carbocycles. The fraction of sp³-hybridized carbons (Fsp3) is 1.00. The zero-order valence-electron chi connectivity index (χ0n) is 8.07. The summed E-state index contributed by atoms with van der Waals surface area (Å²) in [5.74, 6) is 0. The second-order valence-corrected chi connectivity index (χ2v) is 4.90. The van der Waals surface area contributed by atoms with E-state index in [0.717, 1.165) is 6.42 Å². The minimum Gasteiger partial charge on any atom is -0.380 e. The molecule has 0 unspecified atom stereocenters. The van der Waals surface area contributed by atoms with Crippen LogP contribution in [0.4, 0.5) is 0 Å². The number of nitrogens with zero attached hydrogens (tertiary/aromatic N) is 1. The van der Waals surface area contributed by atoms with Crippen molar-refractivity contribution >= 4 is 10.0 Å². The Morgan fingerprint density at radius 3 is 2.25 bits per heavy atom. The molecular formula is C7H17NO3S. The Morgan fingerprint density at radius 1 is 1.50 bits per heavy atom. The van der Waals surface area contributed by atoms with Gasteiger partial charge in [-0.3, -0.25) is 0 Å².